The number of piperazine rings is 1. The minimum atomic E-state index is 0.467. The molecule has 1 fully saturated rings. The fraction of sp³-hybridized carbons (Fsp3) is 0.545. The number of rotatable bonds is 1. The molecule has 0 aromatic carbocycles. The van der Waals surface area contributed by atoms with Crippen LogP contribution < -0.4 is 10.2 Å². The minimum absolute atomic E-state index is 0.467. The Bertz CT molecular complexity index is 538. The van der Waals surface area contributed by atoms with Crippen LogP contribution in [0, 0.1) is 6.92 Å². The highest BCUT2D eigenvalue weighted by molar-refractivity contribution is 5.87. The Morgan fingerprint density at radius 1 is 1.47 bits per heavy atom. The molecule has 0 bridgehead atoms. The van der Waals surface area contributed by atoms with Crippen molar-refractivity contribution in [2.24, 2.45) is 0 Å². The molecule has 0 unspecified atom stereocenters. The Hall–Kier alpha value is -1.69. The highest BCUT2D eigenvalue weighted by Crippen LogP contribution is 2.26. The first-order valence-electron chi connectivity index (χ1n) is 5.81. The summed E-state index contributed by atoms with van der Waals surface area (Å²) in [6.07, 6.45) is 1.54. The maximum atomic E-state index is 5.16. The SMILES string of the molecule is Cc1noc2ncnc(N3CCN[C@H](C)C3)c12. The van der Waals surface area contributed by atoms with Crippen molar-refractivity contribution in [3.05, 3.63) is 12.0 Å². The zero-order valence-electron chi connectivity index (χ0n) is 9.97. The van der Waals surface area contributed by atoms with Gasteiger partial charge in [-0.25, -0.2) is 4.98 Å². The van der Waals surface area contributed by atoms with E-state index < -0.39 is 0 Å². The van der Waals surface area contributed by atoms with Crippen molar-refractivity contribution in [3.8, 4) is 0 Å². The summed E-state index contributed by atoms with van der Waals surface area (Å²) in [5.41, 5.74) is 1.42. The lowest BCUT2D eigenvalue weighted by atomic mass is 10.2. The van der Waals surface area contributed by atoms with Gasteiger partial charge in [0.25, 0.3) is 5.71 Å². The van der Waals surface area contributed by atoms with Gasteiger partial charge in [0.05, 0.1) is 5.69 Å². The van der Waals surface area contributed by atoms with E-state index in [2.05, 4.69) is 32.3 Å². The second-order valence-corrected chi connectivity index (χ2v) is 4.45. The third-order valence-electron chi connectivity index (χ3n) is 3.09. The van der Waals surface area contributed by atoms with Crippen LogP contribution >= 0.6 is 0 Å². The van der Waals surface area contributed by atoms with Gasteiger partial charge in [0.2, 0.25) is 0 Å². The normalized spacial score (nSPS) is 21.1. The van der Waals surface area contributed by atoms with E-state index in [0.29, 0.717) is 11.8 Å². The van der Waals surface area contributed by atoms with Gasteiger partial charge in [-0.1, -0.05) is 5.16 Å². The molecule has 1 aliphatic heterocycles. The third-order valence-corrected chi connectivity index (χ3v) is 3.09. The summed E-state index contributed by atoms with van der Waals surface area (Å²) in [6.45, 7) is 6.95. The van der Waals surface area contributed by atoms with Crippen LogP contribution in [0.4, 0.5) is 5.82 Å². The number of fused-ring (bicyclic) bond motifs is 1. The van der Waals surface area contributed by atoms with Crippen LogP contribution in [0.3, 0.4) is 0 Å². The molecule has 6 heteroatoms. The molecule has 0 saturated carbocycles. The van der Waals surface area contributed by atoms with Gasteiger partial charge < -0.3 is 14.7 Å². The van der Waals surface area contributed by atoms with E-state index in [0.717, 1.165) is 36.5 Å². The van der Waals surface area contributed by atoms with Gasteiger partial charge in [0.15, 0.2) is 0 Å². The summed E-state index contributed by atoms with van der Waals surface area (Å²) < 4.78 is 5.16. The van der Waals surface area contributed by atoms with Crippen molar-refractivity contribution in [1.29, 1.82) is 0 Å². The smallest absolute Gasteiger partial charge is 0.263 e. The minimum Gasteiger partial charge on any atom is -0.353 e. The largest absolute Gasteiger partial charge is 0.353 e. The topological polar surface area (TPSA) is 67.1 Å². The van der Waals surface area contributed by atoms with Crippen LogP contribution in [0.1, 0.15) is 12.6 Å². The Morgan fingerprint density at radius 3 is 3.18 bits per heavy atom. The lowest BCUT2D eigenvalue weighted by Crippen LogP contribution is -2.49. The zero-order valence-corrected chi connectivity index (χ0v) is 9.97. The van der Waals surface area contributed by atoms with Gasteiger partial charge in [-0.2, -0.15) is 4.98 Å². The average molecular weight is 233 g/mol. The Balaban J connectivity index is 2.07. The molecule has 1 saturated heterocycles. The fourth-order valence-corrected chi connectivity index (χ4v) is 2.27. The molecule has 1 atom stereocenters. The molecule has 1 N–H and O–H groups in total. The maximum absolute atomic E-state index is 5.16. The lowest BCUT2D eigenvalue weighted by molar-refractivity contribution is 0.442. The van der Waals surface area contributed by atoms with Crippen molar-refractivity contribution in [2.45, 2.75) is 19.9 Å². The van der Waals surface area contributed by atoms with E-state index in [9.17, 15) is 0 Å². The van der Waals surface area contributed by atoms with E-state index in [-0.39, 0.29) is 0 Å². The molecule has 6 nitrogen and oxygen atoms in total. The first-order valence-corrected chi connectivity index (χ1v) is 5.81. The molecule has 0 spiro atoms. The van der Waals surface area contributed by atoms with Gasteiger partial charge in [-0.15, -0.1) is 0 Å². The molecule has 17 heavy (non-hydrogen) atoms. The van der Waals surface area contributed by atoms with E-state index in [1.165, 1.54) is 6.33 Å². The number of anilines is 1. The van der Waals surface area contributed by atoms with Gasteiger partial charge in [-0.3, -0.25) is 0 Å². The van der Waals surface area contributed by atoms with Crippen LogP contribution in [-0.2, 0) is 0 Å². The predicted octanol–water partition coefficient (Wildman–Crippen LogP) is 0.724. The van der Waals surface area contributed by atoms with Gasteiger partial charge >= 0.3 is 0 Å². The average Bonchev–Trinajstić information content (AvgIpc) is 2.71. The van der Waals surface area contributed by atoms with Gasteiger partial charge in [0, 0.05) is 25.7 Å². The molecular weight excluding hydrogens is 218 g/mol. The quantitative estimate of drug-likeness (QED) is 0.783. The molecule has 1 aliphatic rings. The predicted molar refractivity (Wildman–Crippen MR) is 64.0 cm³/mol. The van der Waals surface area contributed by atoms with Crippen molar-refractivity contribution in [2.75, 3.05) is 24.5 Å². The van der Waals surface area contributed by atoms with Crippen LogP contribution in [0.15, 0.2) is 10.9 Å². The van der Waals surface area contributed by atoms with Crippen LogP contribution in [0.2, 0.25) is 0 Å². The monoisotopic (exact) mass is 233 g/mol. The van der Waals surface area contributed by atoms with Gasteiger partial charge in [0.1, 0.15) is 17.5 Å². The summed E-state index contributed by atoms with van der Waals surface area (Å²) >= 11 is 0. The zero-order chi connectivity index (χ0) is 11.8. The van der Waals surface area contributed by atoms with E-state index >= 15 is 0 Å². The number of nitrogens with one attached hydrogen (secondary N) is 1. The standard InChI is InChI=1S/C11H15N5O/c1-7-5-16(4-3-12-7)10-9-8(2)15-17-11(9)14-6-13-10/h6-7,12H,3-5H2,1-2H3/t7-/m1/s1. The number of hydrogen-bond donors (Lipinski definition) is 1. The van der Waals surface area contributed by atoms with Crippen LogP contribution in [0.25, 0.3) is 11.1 Å². The summed E-state index contributed by atoms with van der Waals surface area (Å²) in [5, 5.41) is 8.30. The summed E-state index contributed by atoms with van der Waals surface area (Å²) in [6, 6.07) is 0.467. The van der Waals surface area contributed by atoms with Crippen molar-refractivity contribution in [3.63, 3.8) is 0 Å². The van der Waals surface area contributed by atoms with Crippen molar-refractivity contribution >= 4 is 16.9 Å². The molecule has 3 rings (SSSR count). The second kappa shape index (κ2) is 3.96. The molecule has 90 valence electrons. The highest BCUT2D eigenvalue weighted by atomic mass is 16.5. The van der Waals surface area contributed by atoms with Crippen LogP contribution in [-0.4, -0.2) is 40.8 Å². The summed E-state index contributed by atoms with van der Waals surface area (Å²) in [4.78, 5) is 10.7. The van der Waals surface area contributed by atoms with Crippen molar-refractivity contribution in [1.82, 2.24) is 20.4 Å². The number of aromatic nitrogens is 3. The van der Waals surface area contributed by atoms with E-state index in [4.69, 9.17) is 4.52 Å². The first kappa shape index (κ1) is 10.5. The first-order chi connectivity index (χ1) is 8.25. The lowest BCUT2D eigenvalue weighted by Gasteiger charge is -2.32. The number of nitrogens with zero attached hydrogens (tertiary/aromatic N) is 4. The fourth-order valence-electron chi connectivity index (χ4n) is 2.27. The molecule has 2 aromatic heterocycles. The molecule has 0 aliphatic carbocycles. The molecular formula is C11H15N5O. The van der Waals surface area contributed by atoms with Crippen LogP contribution in [0.5, 0.6) is 0 Å². The van der Waals surface area contributed by atoms with Gasteiger partial charge in [-0.05, 0) is 13.8 Å². The van der Waals surface area contributed by atoms with Crippen molar-refractivity contribution < 1.29 is 4.52 Å². The Labute approximate surface area is 99.0 Å². The second-order valence-electron chi connectivity index (χ2n) is 4.45. The molecule has 2 aromatic rings. The molecule has 0 amide bonds. The summed E-state index contributed by atoms with van der Waals surface area (Å²) in [7, 11) is 0. The summed E-state index contributed by atoms with van der Waals surface area (Å²) in [5.74, 6) is 0.933. The van der Waals surface area contributed by atoms with E-state index in [1.807, 2.05) is 6.92 Å². The number of hydrogen-bond acceptors (Lipinski definition) is 6. The maximum Gasteiger partial charge on any atom is 0.263 e. The Kier molecular flexibility index (Phi) is 2.44. The molecule has 3 heterocycles. The number of aryl methyl sites for hydroxylation is 1. The third kappa shape index (κ3) is 1.74. The molecule has 0 radical (unpaired) electrons. The highest BCUT2D eigenvalue weighted by Gasteiger charge is 2.21. The van der Waals surface area contributed by atoms with E-state index in [1.54, 1.807) is 0 Å². The Morgan fingerprint density at radius 2 is 2.35 bits per heavy atom.